The monoisotopic (exact) mass is 1040 g/mol. The molecule has 0 aromatic heterocycles. The Kier molecular flexibility index (Phi) is 21.8. The molecule has 2 unspecified atom stereocenters. The van der Waals surface area contributed by atoms with Gasteiger partial charge in [-0.25, -0.2) is 9.59 Å². The first kappa shape index (κ1) is 59.8. The van der Waals surface area contributed by atoms with Crippen molar-refractivity contribution < 1.29 is 52.1 Å². The number of hydrogen-bond acceptors (Lipinski definition) is 12. The first-order valence-electron chi connectivity index (χ1n) is 24.7. The minimum Gasteiger partial charge on any atom is -0.488 e. The van der Waals surface area contributed by atoms with Gasteiger partial charge in [0.1, 0.15) is 40.4 Å². The number of likely N-dealkylation sites (N-methyl/N-ethyl adjacent to an activating group) is 1. The standard InChI is InChI=1S/C55H76N7O11P/c1-36(63)58-45(32-38-25-28-43(29-26-38)71-53(2,3)4)49(66)60-46(34-37-19-14-13-15-20-37)74(69,70-12)35-42(23-18-30-57-50(61-51(67)72-54(5,6)7)62-52(68)73-55(8,9)10)47(64)59-44(48(65)56-11)33-39-24-27-40-21-16-17-22-41(40)31-39/h13-17,19-22,24-29,31,42,44-46H,18,23,30,32-35H2,1-12H3,(H,56,65)(H,58,63)(H,59,64)(H,60,66)(H2,57,61,62,67,68)/t42?,44-,45-,46-,74?/m0/s1. The zero-order valence-electron chi connectivity index (χ0n) is 44.9. The van der Waals surface area contributed by atoms with Crippen molar-refractivity contribution >= 4 is 59.9 Å². The SMILES string of the molecule is CNC(=O)[C@H](Cc1ccc2ccccc2c1)NC(=O)C(CCCN=C(NC(=O)OC(C)(C)C)NC(=O)OC(C)(C)C)CP(=O)(OC)[C@@H](Cc1ccccc1)NC(=O)[C@H](Cc1ccc(OC(C)(C)C)cc1)NC(C)=O. The van der Waals surface area contributed by atoms with E-state index in [0.29, 0.717) is 16.9 Å². The van der Waals surface area contributed by atoms with E-state index in [-0.39, 0.29) is 44.6 Å². The molecule has 0 aliphatic rings. The van der Waals surface area contributed by atoms with Crippen molar-refractivity contribution in [2.45, 2.75) is 136 Å². The molecule has 18 nitrogen and oxygen atoms in total. The molecule has 74 heavy (non-hydrogen) atoms. The van der Waals surface area contributed by atoms with Crippen molar-refractivity contribution in [3.8, 4) is 5.75 Å². The third-order valence-electron chi connectivity index (χ3n) is 11.0. The summed E-state index contributed by atoms with van der Waals surface area (Å²) in [5.41, 5.74) is -0.000978. The van der Waals surface area contributed by atoms with Crippen LogP contribution in [0.5, 0.6) is 5.75 Å². The Morgan fingerprint density at radius 2 is 1.15 bits per heavy atom. The Morgan fingerprint density at radius 3 is 1.70 bits per heavy atom. The molecule has 0 heterocycles. The maximum absolute atomic E-state index is 15.6. The lowest BCUT2D eigenvalue weighted by atomic mass is 9.99. The smallest absolute Gasteiger partial charge is 0.414 e. The molecule has 0 saturated carbocycles. The van der Waals surface area contributed by atoms with Gasteiger partial charge < -0.3 is 40.0 Å². The van der Waals surface area contributed by atoms with Crippen LogP contribution in [0, 0.1) is 5.92 Å². The molecular weight excluding hydrogens is 966 g/mol. The minimum atomic E-state index is -4.14. The average molecular weight is 1040 g/mol. The normalized spacial score (nSPS) is 14.1. The fourth-order valence-electron chi connectivity index (χ4n) is 7.78. The highest BCUT2D eigenvalue weighted by atomic mass is 31.2. The van der Waals surface area contributed by atoms with Crippen molar-refractivity contribution in [1.29, 1.82) is 0 Å². The number of aliphatic imine (C=N–C) groups is 1. The molecule has 0 aliphatic heterocycles. The van der Waals surface area contributed by atoms with E-state index in [9.17, 15) is 28.8 Å². The van der Waals surface area contributed by atoms with E-state index in [1.807, 2.05) is 81.4 Å². The van der Waals surface area contributed by atoms with Gasteiger partial charge in [0.15, 0.2) is 0 Å². The van der Waals surface area contributed by atoms with Crippen LogP contribution < -0.4 is 36.6 Å². The number of guanidine groups is 1. The van der Waals surface area contributed by atoms with Gasteiger partial charge in [0.2, 0.25) is 37.0 Å². The molecule has 19 heteroatoms. The maximum Gasteiger partial charge on any atom is 0.414 e. The van der Waals surface area contributed by atoms with Gasteiger partial charge in [-0.3, -0.25) is 39.4 Å². The van der Waals surface area contributed by atoms with Crippen LogP contribution in [0.2, 0.25) is 0 Å². The van der Waals surface area contributed by atoms with E-state index in [4.69, 9.17) is 18.7 Å². The zero-order chi connectivity index (χ0) is 54.9. The molecule has 402 valence electrons. The largest absolute Gasteiger partial charge is 0.488 e. The average Bonchev–Trinajstić information content (AvgIpc) is 3.30. The lowest BCUT2D eigenvalue weighted by Crippen LogP contribution is -2.51. The highest BCUT2D eigenvalue weighted by Crippen LogP contribution is 2.53. The number of carbonyl (C=O) groups excluding carboxylic acids is 6. The van der Waals surface area contributed by atoms with Gasteiger partial charge in [0.25, 0.3) is 0 Å². The molecule has 5 atom stereocenters. The van der Waals surface area contributed by atoms with Crippen LogP contribution in [-0.2, 0) is 57.0 Å². The molecule has 0 saturated heterocycles. The molecule has 6 N–H and O–H groups in total. The van der Waals surface area contributed by atoms with Crippen molar-refractivity contribution in [2.75, 3.05) is 26.9 Å². The van der Waals surface area contributed by atoms with E-state index < -0.39 is 89.9 Å². The van der Waals surface area contributed by atoms with Gasteiger partial charge in [0, 0.05) is 59.0 Å². The van der Waals surface area contributed by atoms with Crippen LogP contribution in [0.3, 0.4) is 0 Å². The number of fused-ring (bicyclic) bond motifs is 1. The summed E-state index contributed by atoms with van der Waals surface area (Å²) in [7, 11) is -1.43. The van der Waals surface area contributed by atoms with Gasteiger partial charge in [-0.05, 0) is 115 Å². The number of amides is 6. The quantitative estimate of drug-likeness (QED) is 0.0203. The Hall–Kier alpha value is -6.78. The second-order valence-corrected chi connectivity index (χ2v) is 23.8. The highest BCUT2D eigenvalue weighted by molar-refractivity contribution is 7.59. The Balaban J connectivity index is 1.72. The lowest BCUT2D eigenvalue weighted by molar-refractivity contribution is -0.130. The van der Waals surface area contributed by atoms with Crippen molar-refractivity contribution in [3.63, 3.8) is 0 Å². The van der Waals surface area contributed by atoms with Gasteiger partial charge in [-0.2, -0.15) is 0 Å². The summed E-state index contributed by atoms with van der Waals surface area (Å²) in [5, 5.41) is 18.1. The molecule has 0 fully saturated rings. The van der Waals surface area contributed by atoms with Gasteiger partial charge >= 0.3 is 12.2 Å². The van der Waals surface area contributed by atoms with E-state index in [0.717, 1.165) is 16.3 Å². The van der Waals surface area contributed by atoms with Crippen molar-refractivity contribution in [1.82, 2.24) is 31.9 Å². The summed E-state index contributed by atoms with van der Waals surface area (Å²) in [5.74, 6) is -4.19. The number of alkyl carbamates (subject to hydrolysis) is 2. The Labute approximate surface area is 435 Å². The third kappa shape index (κ3) is 21.0. The van der Waals surface area contributed by atoms with E-state index in [1.54, 1.807) is 77.9 Å². The molecule has 0 aliphatic carbocycles. The predicted molar refractivity (Wildman–Crippen MR) is 287 cm³/mol. The zero-order valence-corrected chi connectivity index (χ0v) is 45.8. The molecule has 4 rings (SSSR count). The van der Waals surface area contributed by atoms with Crippen LogP contribution in [0.25, 0.3) is 10.8 Å². The highest BCUT2D eigenvalue weighted by Gasteiger charge is 2.41. The van der Waals surface area contributed by atoms with E-state index >= 15 is 4.57 Å². The molecule has 4 aromatic rings. The molecule has 0 spiro atoms. The summed E-state index contributed by atoms with van der Waals surface area (Å²) >= 11 is 0. The fraction of sp³-hybridized carbons (Fsp3) is 0.473. The van der Waals surface area contributed by atoms with Crippen LogP contribution in [0.15, 0.2) is 102 Å². The Morgan fingerprint density at radius 1 is 0.608 bits per heavy atom. The minimum absolute atomic E-state index is 0.000715. The first-order valence-corrected chi connectivity index (χ1v) is 26.6. The predicted octanol–water partition coefficient (Wildman–Crippen LogP) is 7.95. The lowest BCUT2D eigenvalue weighted by Gasteiger charge is -2.32. The summed E-state index contributed by atoms with van der Waals surface area (Å²) in [4.78, 5) is 85.5. The number of carbonyl (C=O) groups is 6. The summed E-state index contributed by atoms with van der Waals surface area (Å²) in [6.07, 6.45) is -1.87. The molecule has 0 radical (unpaired) electrons. The summed E-state index contributed by atoms with van der Waals surface area (Å²) < 4.78 is 38.3. The number of hydrogen-bond donors (Lipinski definition) is 6. The van der Waals surface area contributed by atoms with Gasteiger partial charge in [-0.1, -0.05) is 84.9 Å². The van der Waals surface area contributed by atoms with Gasteiger partial charge in [-0.15, -0.1) is 0 Å². The van der Waals surface area contributed by atoms with Crippen molar-refractivity contribution in [3.05, 3.63) is 114 Å². The summed E-state index contributed by atoms with van der Waals surface area (Å²) in [6, 6.07) is 27.6. The maximum atomic E-state index is 15.6. The second-order valence-electron chi connectivity index (χ2n) is 21.0. The molecule has 0 bridgehead atoms. The number of nitrogens with one attached hydrogen (secondary N) is 6. The Bertz CT molecular complexity index is 2590. The molecule has 6 amide bonds. The van der Waals surface area contributed by atoms with Crippen molar-refractivity contribution in [2.24, 2.45) is 10.9 Å². The third-order valence-corrected chi connectivity index (χ3v) is 13.9. The number of nitrogens with zero attached hydrogens (tertiary/aromatic N) is 1. The first-order chi connectivity index (χ1) is 34.6. The second kappa shape index (κ2) is 27.0. The number of benzene rings is 4. The molecule has 4 aromatic carbocycles. The van der Waals surface area contributed by atoms with Crippen LogP contribution in [0.1, 0.15) is 98.8 Å². The van der Waals surface area contributed by atoms with Gasteiger partial charge in [0.05, 0.1) is 0 Å². The van der Waals surface area contributed by atoms with Crippen LogP contribution >= 0.6 is 7.37 Å². The fourth-order valence-corrected chi connectivity index (χ4v) is 10.2. The topological polar surface area (TPSA) is 241 Å². The van der Waals surface area contributed by atoms with E-state index in [1.165, 1.54) is 21.1 Å². The summed E-state index contributed by atoms with van der Waals surface area (Å²) in [6.45, 7) is 17.0. The number of rotatable bonds is 21. The molecular formula is C55H76N7O11P. The van der Waals surface area contributed by atoms with Crippen LogP contribution in [0.4, 0.5) is 9.59 Å². The van der Waals surface area contributed by atoms with Crippen LogP contribution in [-0.4, -0.2) is 103 Å². The number of ether oxygens (including phenoxy) is 3. The van der Waals surface area contributed by atoms with E-state index in [2.05, 4.69) is 36.9 Å².